The van der Waals surface area contributed by atoms with Gasteiger partial charge in [0.1, 0.15) is 0 Å². The van der Waals surface area contributed by atoms with E-state index < -0.39 is 22.9 Å². The number of aliphatic carboxylic acids is 3. The number of rotatable bonds is 3. The Bertz CT molecular complexity index is 228. The topological polar surface area (TPSA) is 193 Å². The Hall–Kier alpha value is -2.43. The molecule has 0 aliphatic rings. The molecule has 0 atom stereocenters. The Morgan fingerprint density at radius 2 is 1.26 bits per heavy atom. The average Bonchev–Trinajstić information content (AvgIpc) is 2.11. The molecular weight excluding hydrogens is 266 g/mol. The molecule has 0 heterocycles. The van der Waals surface area contributed by atoms with Crippen LogP contribution in [-0.4, -0.2) is 51.3 Å². The van der Waals surface area contributed by atoms with Crippen molar-refractivity contribution in [3.8, 4) is 0 Å². The molecule has 0 aromatic carbocycles. The summed E-state index contributed by atoms with van der Waals surface area (Å²) in [7, 11) is 0. The number of hydrazine groups is 1. The van der Waals surface area contributed by atoms with E-state index >= 15 is 0 Å². The smallest absolute Gasteiger partial charge is 0.300 e. The Labute approximate surface area is 109 Å². The van der Waals surface area contributed by atoms with Crippen LogP contribution < -0.4 is 11.2 Å². The fraction of sp³-hybridized carbons (Fsp3) is 0.625. The summed E-state index contributed by atoms with van der Waals surface area (Å²) in [5.74, 6) is -2.50. The van der Waals surface area contributed by atoms with Crippen molar-refractivity contribution in [2.75, 3.05) is 13.1 Å². The summed E-state index contributed by atoms with van der Waals surface area (Å²) in [6.07, 6.45) is 0. The first kappa shape index (κ1) is 25.4. The van der Waals surface area contributed by atoms with Crippen LogP contribution in [0, 0.1) is 10.1 Å². The SMILES string of the molecule is CC(=O)O.CC(=O)O.CC(=O)O.NCCN[N+](=O)[O-]. The molecule has 0 aromatic rings. The first-order chi connectivity index (χ1) is 8.47. The van der Waals surface area contributed by atoms with Gasteiger partial charge in [-0.25, -0.2) is 10.1 Å². The number of carbonyl (C=O) groups is 3. The van der Waals surface area contributed by atoms with Gasteiger partial charge in [0.15, 0.2) is 5.03 Å². The molecular formula is C8H19N3O8. The molecule has 0 fully saturated rings. The molecule has 0 rings (SSSR count). The molecule has 0 spiro atoms. The molecule has 0 saturated heterocycles. The van der Waals surface area contributed by atoms with Gasteiger partial charge < -0.3 is 21.1 Å². The summed E-state index contributed by atoms with van der Waals surface area (Å²) < 4.78 is 0. The first-order valence-electron chi connectivity index (χ1n) is 4.63. The number of hydrogen-bond acceptors (Lipinski definition) is 6. The number of nitro groups is 1. The molecule has 0 unspecified atom stereocenters. The van der Waals surface area contributed by atoms with Crippen LogP contribution in [0.5, 0.6) is 0 Å². The standard InChI is InChI=1S/C2H7N3O2.3C2H4O2/c3-1-2-4-5(6)7;3*1-2(3)4/h4H,1-3H2;3*1H3,(H,3,4). The molecule has 0 aromatic heterocycles. The maximum absolute atomic E-state index is 9.40. The Morgan fingerprint density at radius 1 is 1.05 bits per heavy atom. The molecule has 0 bridgehead atoms. The predicted molar refractivity (Wildman–Crippen MR) is 64.0 cm³/mol. The lowest BCUT2D eigenvalue weighted by molar-refractivity contribution is -0.543. The highest BCUT2D eigenvalue weighted by atomic mass is 16.7. The highest BCUT2D eigenvalue weighted by Crippen LogP contribution is 1.52. The van der Waals surface area contributed by atoms with Crippen molar-refractivity contribution < 1.29 is 34.7 Å². The van der Waals surface area contributed by atoms with E-state index in [9.17, 15) is 10.1 Å². The summed E-state index contributed by atoms with van der Waals surface area (Å²) in [5, 5.41) is 31.0. The summed E-state index contributed by atoms with van der Waals surface area (Å²) in [5.41, 5.74) is 6.80. The van der Waals surface area contributed by atoms with Crippen LogP contribution >= 0.6 is 0 Å². The molecule has 0 radical (unpaired) electrons. The van der Waals surface area contributed by atoms with Gasteiger partial charge in [-0.1, -0.05) is 0 Å². The number of nitrogens with two attached hydrogens (primary N) is 1. The molecule has 0 amide bonds. The summed E-state index contributed by atoms with van der Waals surface area (Å²) >= 11 is 0. The molecule has 11 nitrogen and oxygen atoms in total. The van der Waals surface area contributed by atoms with Crippen molar-refractivity contribution in [2.24, 2.45) is 5.73 Å². The molecule has 114 valence electrons. The quantitative estimate of drug-likeness (QED) is 0.317. The van der Waals surface area contributed by atoms with Crippen LogP contribution in [0.2, 0.25) is 0 Å². The van der Waals surface area contributed by atoms with Crippen molar-refractivity contribution in [3.63, 3.8) is 0 Å². The number of nitrogens with one attached hydrogen (secondary N) is 1. The second-order valence-corrected chi connectivity index (χ2v) is 2.51. The summed E-state index contributed by atoms with van der Waals surface area (Å²) in [4.78, 5) is 36.4. The van der Waals surface area contributed by atoms with Gasteiger partial charge in [-0.2, -0.15) is 0 Å². The lowest BCUT2D eigenvalue weighted by atomic mass is 10.7. The number of nitrogens with zero attached hydrogens (tertiary/aromatic N) is 1. The van der Waals surface area contributed by atoms with Gasteiger partial charge in [-0.15, -0.1) is 5.43 Å². The van der Waals surface area contributed by atoms with Crippen molar-refractivity contribution in [1.29, 1.82) is 0 Å². The fourth-order valence-electron chi connectivity index (χ4n) is 0.156. The monoisotopic (exact) mass is 285 g/mol. The third kappa shape index (κ3) is 1160. The van der Waals surface area contributed by atoms with Gasteiger partial charge in [0.05, 0.1) is 6.54 Å². The van der Waals surface area contributed by atoms with Gasteiger partial charge in [0, 0.05) is 27.3 Å². The minimum absolute atomic E-state index is 0.229. The normalized spacial score (nSPS) is 6.95. The molecule has 0 aliphatic carbocycles. The minimum atomic E-state index is -0.833. The van der Waals surface area contributed by atoms with Crippen LogP contribution in [-0.2, 0) is 14.4 Å². The van der Waals surface area contributed by atoms with E-state index in [1.165, 1.54) is 0 Å². The van der Waals surface area contributed by atoms with Crippen molar-refractivity contribution >= 4 is 17.9 Å². The van der Waals surface area contributed by atoms with Crippen molar-refractivity contribution in [3.05, 3.63) is 10.1 Å². The van der Waals surface area contributed by atoms with Crippen LogP contribution in [0.25, 0.3) is 0 Å². The molecule has 6 N–H and O–H groups in total. The maximum Gasteiger partial charge on any atom is 0.300 e. The second-order valence-electron chi connectivity index (χ2n) is 2.51. The Balaban J connectivity index is -0.0000000825. The van der Waals surface area contributed by atoms with Gasteiger partial charge in [0.2, 0.25) is 0 Å². The maximum atomic E-state index is 9.40. The third-order valence-corrected chi connectivity index (χ3v) is 0.385. The summed E-state index contributed by atoms with van der Waals surface area (Å²) in [6.45, 7) is 3.77. The average molecular weight is 285 g/mol. The van der Waals surface area contributed by atoms with E-state index in [1.54, 1.807) is 0 Å². The van der Waals surface area contributed by atoms with Gasteiger partial charge >= 0.3 is 0 Å². The molecule has 11 heteroatoms. The van der Waals surface area contributed by atoms with E-state index in [4.69, 9.17) is 35.4 Å². The summed E-state index contributed by atoms with van der Waals surface area (Å²) in [6, 6.07) is 0. The lowest BCUT2D eigenvalue weighted by Crippen LogP contribution is -2.27. The van der Waals surface area contributed by atoms with E-state index in [1.807, 2.05) is 5.43 Å². The van der Waals surface area contributed by atoms with Gasteiger partial charge in [0.25, 0.3) is 17.9 Å². The fourth-order valence-corrected chi connectivity index (χ4v) is 0.156. The number of hydrogen-bond donors (Lipinski definition) is 5. The molecule has 0 aliphatic heterocycles. The van der Waals surface area contributed by atoms with Crippen LogP contribution in [0.4, 0.5) is 0 Å². The zero-order valence-electron chi connectivity index (χ0n) is 10.8. The van der Waals surface area contributed by atoms with Gasteiger partial charge in [-0.05, 0) is 0 Å². The Morgan fingerprint density at radius 3 is 1.32 bits per heavy atom. The second kappa shape index (κ2) is 20.9. The third-order valence-electron chi connectivity index (χ3n) is 0.385. The molecule has 0 saturated carbocycles. The highest BCUT2D eigenvalue weighted by molar-refractivity contribution is 5.63. The zero-order valence-corrected chi connectivity index (χ0v) is 10.8. The lowest BCUT2D eigenvalue weighted by Gasteiger charge is -1.88. The number of carboxylic acid groups (broad SMARTS) is 3. The van der Waals surface area contributed by atoms with E-state index in [0.717, 1.165) is 20.8 Å². The van der Waals surface area contributed by atoms with Crippen LogP contribution in [0.3, 0.4) is 0 Å². The van der Waals surface area contributed by atoms with E-state index in [2.05, 4.69) is 0 Å². The molecule has 19 heavy (non-hydrogen) atoms. The van der Waals surface area contributed by atoms with Crippen molar-refractivity contribution in [1.82, 2.24) is 5.43 Å². The zero-order chi connectivity index (χ0) is 16.4. The van der Waals surface area contributed by atoms with E-state index in [-0.39, 0.29) is 6.54 Å². The predicted octanol–water partition coefficient (Wildman–Crippen LogP) is -1.00. The Kier molecular flexibility index (Phi) is 28.0. The largest absolute Gasteiger partial charge is 0.481 e. The first-order valence-corrected chi connectivity index (χ1v) is 4.63. The van der Waals surface area contributed by atoms with Crippen LogP contribution in [0.1, 0.15) is 20.8 Å². The van der Waals surface area contributed by atoms with Crippen molar-refractivity contribution in [2.45, 2.75) is 20.8 Å². The van der Waals surface area contributed by atoms with Crippen LogP contribution in [0.15, 0.2) is 0 Å². The van der Waals surface area contributed by atoms with E-state index in [0.29, 0.717) is 6.54 Å². The highest BCUT2D eigenvalue weighted by Gasteiger charge is 1.85. The van der Waals surface area contributed by atoms with Gasteiger partial charge in [-0.3, -0.25) is 14.4 Å². The number of carboxylic acids is 3. The minimum Gasteiger partial charge on any atom is -0.481 e.